The molecule has 0 spiro atoms. The van der Waals surface area contributed by atoms with Crippen LogP contribution in [0.4, 0.5) is 5.69 Å². The van der Waals surface area contributed by atoms with Crippen molar-refractivity contribution in [3.05, 3.63) is 71.8 Å². The second-order valence-corrected chi connectivity index (χ2v) is 14.6. The predicted molar refractivity (Wildman–Crippen MR) is 150 cm³/mol. The molecule has 0 aliphatic carbocycles. The van der Waals surface area contributed by atoms with E-state index in [0.29, 0.717) is 0 Å². The lowest BCUT2D eigenvalue weighted by molar-refractivity contribution is 0.538. The van der Waals surface area contributed by atoms with Crippen LogP contribution in [-0.2, 0) is 6.54 Å². The van der Waals surface area contributed by atoms with Gasteiger partial charge in [0.05, 0.1) is 12.9 Å². The van der Waals surface area contributed by atoms with Crippen molar-refractivity contribution >= 4 is 40.0 Å². The SMILES string of the molecule is CCn1c2ccccc2c2cc(P(=Nc3ccc(C)c(C)c3)(N3CCCC3)C(C)(C)C)ccc21. The molecule has 4 heteroatoms. The number of benzene rings is 3. The zero-order chi connectivity index (χ0) is 24.1. The monoisotopic (exact) mass is 471 g/mol. The van der Waals surface area contributed by atoms with E-state index >= 15 is 0 Å². The maximum Gasteiger partial charge on any atom is 0.0720 e. The zero-order valence-electron chi connectivity index (χ0n) is 21.6. The molecule has 4 aromatic rings. The first kappa shape index (κ1) is 23.4. The number of fused-ring (bicyclic) bond motifs is 3. The summed E-state index contributed by atoms with van der Waals surface area (Å²) in [6.07, 6.45) is 2.52. The molecule has 5 rings (SSSR count). The van der Waals surface area contributed by atoms with Gasteiger partial charge < -0.3 is 4.57 Å². The van der Waals surface area contributed by atoms with Crippen molar-refractivity contribution < 1.29 is 0 Å². The fourth-order valence-corrected chi connectivity index (χ4v) is 10.2. The van der Waals surface area contributed by atoms with Crippen LogP contribution in [0.2, 0.25) is 0 Å². The molecule has 1 unspecified atom stereocenters. The maximum atomic E-state index is 5.76. The summed E-state index contributed by atoms with van der Waals surface area (Å²) in [6.45, 7) is 17.1. The lowest BCUT2D eigenvalue weighted by atomic mass is 10.1. The van der Waals surface area contributed by atoms with Crippen LogP contribution < -0.4 is 5.30 Å². The summed E-state index contributed by atoms with van der Waals surface area (Å²) in [7, 11) is -2.07. The quantitative estimate of drug-likeness (QED) is 0.274. The van der Waals surface area contributed by atoms with Crippen molar-refractivity contribution in [2.24, 2.45) is 4.74 Å². The second kappa shape index (κ2) is 8.70. The number of hydrogen-bond acceptors (Lipinski definition) is 1. The summed E-state index contributed by atoms with van der Waals surface area (Å²) >= 11 is 0. The van der Waals surface area contributed by atoms with Crippen molar-refractivity contribution in [2.45, 2.75) is 66.1 Å². The highest BCUT2D eigenvalue weighted by Crippen LogP contribution is 2.65. The van der Waals surface area contributed by atoms with E-state index in [9.17, 15) is 0 Å². The summed E-state index contributed by atoms with van der Waals surface area (Å²) in [5.41, 5.74) is 6.41. The Morgan fingerprint density at radius 2 is 1.53 bits per heavy atom. The van der Waals surface area contributed by atoms with E-state index in [2.05, 4.69) is 111 Å². The standard InChI is InChI=1S/C30H38N3P/c1-7-33-28-13-9-8-12-26(28)27-21-25(16-17-29(27)33)34(30(4,5)6,32-18-10-11-19-32)31-24-15-14-22(2)23(3)20-24/h8-9,12-17,20-21H,7,10-11,18-19H2,1-6H3. The summed E-state index contributed by atoms with van der Waals surface area (Å²) < 4.78 is 11.0. The van der Waals surface area contributed by atoms with E-state index in [1.165, 1.54) is 51.1 Å². The molecule has 34 heavy (non-hydrogen) atoms. The number of hydrogen-bond donors (Lipinski definition) is 0. The van der Waals surface area contributed by atoms with E-state index in [0.717, 1.165) is 25.3 Å². The molecule has 1 saturated heterocycles. The van der Waals surface area contributed by atoms with Gasteiger partial charge in [-0.25, -0.2) is 4.74 Å². The van der Waals surface area contributed by atoms with Crippen molar-refractivity contribution in [3.63, 3.8) is 0 Å². The fourth-order valence-electron chi connectivity index (χ4n) is 5.77. The Morgan fingerprint density at radius 1 is 0.824 bits per heavy atom. The van der Waals surface area contributed by atoms with Crippen LogP contribution in [0.5, 0.6) is 0 Å². The molecule has 178 valence electrons. The predicted octanol–water partition coefficient (Wildman–Crippen LogP) is 8.40. The first-order valence-electron chi connectivity index (χ1n) is 12.7. The molecule has 0 bridgehead atoms. The van der Waals surface area contributed by atoms with Gasteiger partial charge in [0.15, 0.2) is 0 Å². The van der Waals surface area contributed by atoms with Crippen molar-refractivity contribution in [3.8, 4) is 0 Å². The van der Waals surface area contributed by atoms with Crippen LogP contribution in [0, 0.1) is 13.8 Å². The molecular formula is C30H38N3P. The summed E-state index contributed by atoms with van der Waals surface area (Å²) in [6, 6.07) is 22.8. The smallest absolute Gasteiger partial charge is 0.0720 e. The van der Waals surface area contributed by atoms with E-state index in [1.54, 1.807) is 0 Å². The van der Waals surface area contributed by atoms with Crippen LogP contribution in [0.3, 0.4) is 0 Å². The zero-order valence-corrected chi connectivity index (χ0v) is 22.5. The van der Waals surface area contributed by atoms with E-state index in [4.69, 9.17) is 4.74 Å². The van der Waals surface area contributed by atoms with Gasteiger partial charge in [-0.05, 0) is 81.1 Å². The molecule has 1 fully saturated rings. The van der Waals surface area contributed by atoms with Gasteiger partial charge >= 0.3 is 0 Å². The number of para-hydroxylation sites is 1. The van der Waals surface area contributed by atoms with Gasteiger partial charge in [-0.15, -0.1) is 0 Å². The van der Waals surface area contributed by atoms with Crippen LogP contribution >= 0.6 is 7.21 Å². The van der Waals surface area contributed by atoms with Crippen molar-refractivity contribution in [2.75, 3.05) is 13.1 Å². The number of nitrogens with zero attached hydrogens (tertiary/aromatic N) is 3. The third-order valence-electron chi connectivity index (χ3n) is 7.61. The van der Waals surface area contributed by atoms with Gasteiger partial charge in [-0.1, -0.05) is 45.0 Å². The lowest BCUT2D eigenvalue weighted by Crippen LogP contribution is -2.35. The van der Waals surface area contributed by atoms with Gasteiger partial charge in [0.1, 0.15) is 0 Å². The maximum absolute atomic E-state index is 5.76. The van der Waals surface area contributed by atoms with Gasteiger partial charge in [-0.2, -0.15) is 0 Å². The molecule has 1 aliphatic heterocycles. The van der Waals surface area contributed by atoms with Crippen LogP contribution in [0.15, 0.2) is 65.4 Å². The van der Waals surface area contributed by atoms with Crippen molar-refractivity contribution in [1.29, 1.82) is 0 Å². The minimum absolute atomic E-state index is 0.0208. The highest BCUT2D eigenvalue weighted by Gasteiger charge is 2.42. The van der Waals surface area contributed by atoms with Crippen molar-refractivity contribution in [1.82, 2.24) is 9.24 Å². The Kier molecular flexibility index (Phi) is 5.99. The fraction of sp³-hybridized carbons (Fsp3) is 0.400. The first-order valence-corrected chi connectivity index (χ1v) is 14.4. The molecule has 2 heterocycles. The second-order valence-electron chi connectivity index (χ2n) is 10.8. The first-order chi connectivity index (χ1) is 16.3. The molecule has 0 amide bonds. The number of rotatable bonds is 4. The van der Waals surface area contributed by atoms with E-state index < -0.39 is 7.21 Å². The number of aromatic nitrogens is 1. The molecule has 3 aromatic carbocycles. The van der Waals surface area contributed by atoms with Crippen LogP contribution in [0.1, 0.15) is 51.7 Å². The summed E-state index contributed by atoms with van der Waals surface area (Å²) in [4.78, 5) is 0. The topological polar surface area (TPSA) is 20.5 Å². The average molecular weight is 472 g/mol. The molecule has 1 aromatic heterocycles. The largest absolute Gasteiger partial charge is 0.341 e. The highest BCUT2D eigenvalue weighted by atomic mass is 31.2. The molecule has 1 atom stereocenters. The lowest BCUT2D eigenvalue weighted by Gasteiger charge is -2.44. The highest BCUT2D eigenvalue weighted by molar-refractivity contribution is 7.73. The van der Waals surface area contributed by atoms with Gasteiger partial charge in [0.25, 0.3) is 0 Å². The average Bonchev–Trinajstić information content (AvgIpc) is 3.45. The Morgan fingerprint density at radius 3 is 2.21 bits per heavy atom. The minimum Gasteiger partial charge on any atom is -0.341 e. The van der Waals surface area contributed by atoms with Gasteiger partial charge in [0.2, 0.25) is 0 Å². The Hall–Kier alpha value is -2.35. The van der Waals surface area contributed by atoms with Crippen LogP contribution in [0.25, 0.3) is 21.8 Å². The molecule has 1 aliphatic rings. The third kappa shape index (κ3) is 3.65. The Balaban J connectivity index is 1.86. The molecule has 0 radical (unpaired) electrons. The van der Waals surface area contributed by atoms with E-state index in [1.807, 2.05) is 0 Å². The van der Waals surface area contributed by atoms with Crippen LogP contribution in [-0.4, -0.2) is 27.5 Å². The normalized spacial score (nSPS) is 16.9. The molecule has 0 N–H and O–H groups in total. The molecular weight excluding hydrogens is 433 g/mol. The Labute approximate surface area is 204 Å². The minimum atomic E-state index is -2.07. The summed E-state index contributed by atoms with van der Waals surface area (Å²) in [5, 5.41) is 4.14. The Bertz CT molecular complexity index is 1410. The molecule has 3 nitrogen and oxygen atoms in total. The van der Waals surface area contributed by atoms with Gasteiger partial charge in [0, 0.05) is 51.9 Å². The third-order valence-corrected chi connectivity index (χ3v) is 12.2. The van der Waals surface area contributed by atoms with Gasteiger partial charge in [-0.3, -0.25) is 4.67 Å². The molecule has 0 saturated carbocycles. The van der Waals surface area contributed by atoms with E-state index in [-0.39, 0.29) is 5.16 Å². The summed E-state index contributed by atoms with van der Waals surface area (Å²) in [5.74, 6) is 0. The number of aryl methyl sites for hydroxylation is 3.